The Hall–Kier alpha value is -1.59. The first-order chi connectivity index (χ1) is 8.31. The summed E-state index contributed by atoms with van der Waals surface area (Å²) in [6, 6.07) is -0.548. The molecule has 18 heavy (non-hydrogen) atoms. The van der Waals surface area contributed by atoms with Crippen LogP contribution in [0.15, 0.2) is 0 Å². The highest BCUT2D eigenvalue weighted by Crippen LogP contribution is 2.25. The Bertz CT molecular complexity index is 348. The van der Waals surface area contributed by atoms with Crippen LogP contribution in [0.25, 0.3) is 0 Å². The predicted molar refractivity (Wildman–Crippen MR) is 64.9 cm³/mol. The maximum atomic E-state index is 11.5. The van der Waals surface area contributed by atoms with Crippen molar-refractivity contribution in [3.63, 3.8) is 0 Å². The molecule has 1 aliphatic rings. The molecule has 0 aliphatic heterocycles. The smallest absolute Gasteiger partial charge is 0.321 e. The second-order valence-corrected chi connectivity index (χ2v) is 5.42. The number of hydrogen-bond donors (Lipinski definition) is 3. The second kappa shape index (κ2) is 5.84. The van der Waals surface area contributed by atoms with Crippen molar-refractivity contribution in [1.82, 2.24) is 10.6 Å². The van der Waals surface area contributed by atoms with E-state index in [1.54, 1.807) is 0 Å². The molecule has 3 amide bonds. The number of carboxylic acids is 1. The lowest BCUT2D eigenvalue weighted by molar-refractivity contribution is -0.149. The standard InChI is InChI=1S/C12H20N2O4/c1-12(2,10(16)17)6-9(15)14-11(18)13-7-8-4-3-5-8/h8H,3-7H2,1-2H3,(H,16,17)(H2,13,14,15,18). The van der Waals surface area contributed by atoms with Crippen LogP contribution in [0.4, 0.5) is 4.79 Å². The SMILES string of the molecule is CC(C)(CC(=O)NC(=O)NCC1CCC1)C(=O)O. The minimum Gasteiger partial charge on any atom is -0.481 e. The van der Waals surface area contributed by atoms with Gasteiger partial charge in [-0.15, -0.1) is 0 Å². The molecule has 0 spiro atoms. The normalized spacial score (nSPS) is 15.7. The zero-order valence-electron chi connectivity index (χ0n) is 10.8. The molecule has 102 valence electrons. The Morgan fingerprint density at radius 2 is 1.89 bits per heavy atom. The van der Waals surface area contributed by atoms with Gasteiger partial charge in [0.25, 0.3) is 0 Å². The van der Waals surface area contributed by atoms with Crippen molar-refractivity contribution in [3.8, 4) is 0 Å². The number of imide groups is 1. The first kappa shape index (κ1) is 14.5. The molecule has 1 rings (SSSR count). The fourth-order valence-electron chi connectivity index (χ4n) is 1.63. The molecule has 6 heteroatoms. The van der Waals surface area contributed by atoms with Crippen molar-refractivity contribution in [2.75, 3.05) is 6.54 Å². The fourth-order valence-corrected chi connectivity index (χ4v) is 1.63. The quantitative estimate of drug-likeness (QED) is 0.686. The van der Waals surface area contributed by atoms with Gasteiger partial charge >= 0.3 is 12.0 Å². The molecule has 1 fully saturated rings. The van der Waals surface area contributed by atoms with Crippen LogP contribution < -0.4 is 10.6 Å². The van der Waals surface area contributed by atoms with E-state index < -0.39 is 23.3 Å². The van der Waals surface area contributed by atoms with Crippen LogP contribution >= 0.6 is 0 Å². The Balaban J connectivity index is 2.26. The van der Waals surface area contributed by atoms with Crippen molar-refractivity contribution in [2.45, 2.75) is 39.5 Å². The summed E-state index contributed by atoms with van der Waals surface area (Å²) in [6.07, 6.45) is 3.19. The molecular weight excluding hydrogens is 236 g/mol. The Kier molecular flexibility index (Phi) is 4.69. The fraction of sp³-hybridized carbons (Fsp3) is 0.750. The van der Waals surface area contributed by atoms with Gasteiger partial charge in [-0.25, -0.2) is 4.79 Å². The van der Waals surface area contributed by atoms with Crippen molar-refractivity contribution in [3.05, 3.63) is 0 Å². The van der Waals surface area contributed by atoms with Gasteiger partial charge < -0.3 is 10.4 Å². The summed E-state index contributed by atoms with van der Waals surface area (Å²) in [6.45, 7) is 3.46. The lowest BCUT2D eigenvalue weighted by Gasteiger charge is -2.25. The third kappa shape index (κ3) is 4.35. The van der Waals surface area contributed by atoms with Crippen LogP contribution in [0.1, 0.15) is 39.5 Å². The summed E-state index contributed by atoms with van der Waals surface area (Å²) in [5.74, 6) is -1.12. The van der Waals surface area contributed by atoms with E-state index in [1.807, 2.05) is 0 Å². The molecule has 6 nitrogen and oxygen atoms in total. The summed E-state index contributed by atoms with van der Waals surface area (Å²) < 4.78 is 0. The first-order valence-corrected chi connectivity index (χ1v) is 6.12. The van der Waals surface area contributed by atoms with E-state index in [9.17, 15) is 14.4 Å². The van der Waals surface area contributed by atoms with E-state index in [1.165, 1.54) is 20.3 Å². The summed E-state index contributed by atoms with van der Waals surface area (Å²) in [5, 5.41) is 13.6. The van der Waals surface area contributed by atoms with Crippen molar-refractivity contribution >= 4 is 17.9 Å². The lowest BCUT2D eigenvalue weighted by Crippen LogP contribution is -2.44. The third-order valence-electron chi connectivity index (χ3n) is 3.21. The van der Waals surface area contributed by atoms with E-state index >= 15 is 0 Å². The molecule has 0 atom stereocenters. The number of amides is 3. The molecule has 1 aliphatic carbocycles. The van der Waals surface area contributed by atoms with Gasteiger partial charge in [-0.05, 0) is 32.6 Å². The Labute approximate surface area is 106 Å². The number of carboxylic acid groups (broad SMARTS) is 1. The van der Waals surface area contributed by atoms with Crippen molar-refractivity contribution in [2.24, 2.45) is 11.3 Å². The maximum absolute atomic E-state index is 11.5. The molecular formula is C12H20N2O4. The van der Waals surface area contributed by atoms with Gasteiger partial charge in [-0.1, -0.05) is 6.42 Å². The summed E-state index contributed by atoms with van der Waals surface area (Å²) in [7, 11) is 0. The third-order valence-corrected chi connectivity index (χ3v) is 3.21. The van der Waals surface area contributed by atoms with Crippen LogP contribution in [0, 0.1) is 11.3 Å². The number of aliphatic carboxylic acids is 1. The lowest BCUT2D eigenvalue weighted by atomic mass is 9.85. The van der Waals surface area contributed by atoms with E-state index in [2.05, 4.69) is 10.6 Å². The minimum atomic E-state index is -1.17. The van der Waals surface area contributed by atoms with Gasteiger partial charge in [0.15, 0.2) is 0 Å². The van der Waals surface area contributed by atoms with E-state index in [-0.39, 0.29) is 6.42 Å². The second-order valence-electron chi connectivity index (χ2n) is 5.42. The van der Waals surface area contributed by atoms with Crippen molar-refractivity contribution in [1.29, 1.82) is 0 Å². The van der Waals surface area contributed by atoms with Crippen LogP contribution in [0.3, 0.4) is 0 Å². The zero-order valence-corrected chi connectivity index (χ0v) is 10.8. The average molecular weight is 256 g/mol. The molecule has 0 heterocycles. The van der Waals surface area contributed by atoms with E-state index in [0.29, 0.717) is 12.5 Å². The van der Waals surface area contributed by atoms with E-state index in [0.717, 1.165) is 12.8 Å². The van der Waals surface area contributed by atoms with Crippen LogP contribution in [0.5, 0.6) is 0 Å². The molecule has 0 aromatic rings. The molecule has 0 aromatic carbocycles. The molecule has 3 N–H and O–H groups in total. The summed E-state index contributed by atoms with van der Waals surface area (Å²) >= 11 is 0. The van der Waals surface area contributed by atoms with Gasteiger partial charge in [0.05, 0.1) is 5.41 Å². The van der Waals surface area contributed by atoms with Gasteiger partial charge in [0.2, 0.25) is 5.91 Å². The number of rotatable bonds is 5. The predicted octanol–water partition coefficient (Wildman–Crippen LogP) is 1.11. The van der Waals surface area contributed by atoms with Gasteiger partial charge in [-0.3, -0.25) is 14.9 Å². The molecule has 0 radical (unpaired) electrons. The maximum Gasteiger partial charge on any atom is 0.321 e. The Morgan fingerprint density at radius 3 is 2.33 bits per heavy atom. The number of urea groups is 1. The number of carbonyl (C=O) groups excluding carboxylic acids is 2. The molecule has 0 aromatic heterocycles. The van der Waals surface area contributed by atoms with Gasteiger partial charge in [-0.2, -0.15) is 0 Å². The highest BCUT2D eigenvalue weighted by molar-refractivity contribution is 5.96. The molecule has 0 saturated heterocycles. The Morgan fingerprint density at radius 1 is 1.28 bits per heavy atom. The zero-order chi connectivity index (χ0) is 13.8. The average Bonchev–Trinajstić information content (AvgIpc) is 2.13. The largest absolute Gasteiger partial charge is 0.481 e. The number of hydrogen-bond acceptors (Lipinski definition) is 3. The number of nitrogens with one attached hydrogen (secondary N) is 2. The highest BCUT2D eigenvalue weighted by atomic mass is 16.4. The van der Waals surface area contributed by atoms with Gasteiger partial charge in [0, 0.05) is 13.0 Å². The summed E-state index contributed by atoms with van der Waals surface area (Å²) in [4.78, 5) is 33.7. The van der Waals surface area contributed by atoms with Crippen molar-refractivity contribution < 1.29 is 19.5 Å². The highest BCUT2D eigenvalue weighted by Gasteiger charge is 2.30. The first-order valence-electron chi connectivity index (χ1n) is 6.12. The van der Waals surface area contributed by atoms with Crippen LogP contribution in [0.2, 0.25) is 0 Å². The van der Waals surface area contributed by atoms with Crippen LogP contribution in [-0.4, -0.2) is 29.6 Å². The summed E-state index contributed by atoms with van der Waals surface area (Å²) in [5.41, 5.74) is -1.17. The van der Waals surface area contributed by atoms with E-state index in [4.69, 9.17) is 5.11 Å². The topological polar surface area (TPSA) is 95.5 Å². The molecule has 1 saturated carbocycles. The number of carbonyl (C=O) groups is 3. The van der Waals surface area contributed by atoms with Crippen LogP contribution in [-0.2, 0) is 9.59 Å². The monoisotopic (exact) mass is 256 g/mol. The van der Waals surface area contributed by atoms with Gasteiger partial charge in [0.1, 0.15) is 0 Å². The molecule has 0 unspecified atom stereocenters. The minimum absolute atomic E-state index is 0.223. The molecule has 0 bridgehead atoms.